The molecule has 6 heteroatoms. The summed E-state index contributed by atoms with van der Waals surface area (Å²) in [6.07, 6.45) is 0.797. The monoisotopic (exact) mass is 351 g/mol. The van der Waals surface area contributed by atoms with Crippen molar-refractivity contribution in [2.75, 3.05) is 26.2 Å². The second-order valence-electron chi connectivity index (χ2n) is 5.05. The smallest absolute Gasteiger partial charge is 0.254 e. The third-order valence-electron chi connectivity index (χ3n) is 3.77. The van der Waals surface area contributed by atoms with Crippen molar-refractivity contribution in [1.82, 2.24) is 9.80 Å². The highest BCUT2D eigenvalue weighted by Crippen LogP contribution is 2.25. The third kappa shape index (κ3) is 3.55. The summed E-state index contributed by atoms with van der Waals surface area (Å²) in [5, 5.41) is 18.7. The van der Waals surface area contributed by atoms with Crippen molar-refractivity contribution in [3.05, 3.63) is 28.2 Å². The molecule has 0 spiro atoms. The zero-order valence-corrected chi connectivity index (χ0v) is 13.5. The molecule has 1 aliphatic rings. The highest BCUT2D eigenvalue weighted by atomic mass is 79.9. The Bertz CT molecular complexity index is 563. The molecule has 0 bridgehead atoms. The van der Waals surface area contributed by atoms with E-state index in [-0.39, 0.29) is 17.7 Å². The quantitative estimate of drug-likeness (QED) is 0.906. The number of halogens is 1. The van der Waals surface area contributed by atoms with Crippen LogP contribution in [0.25, 0.3) is 0 Å². The lowest BCUT2D eigenvalue weighted by Gasteiger charge is -2.36. The molecule has 0 saturated carbocycles. The largest absolute Gasteiger partial charge is 0.507 e. The summed E-state index contributed by atoms with van der Waals surface area (Å²) in [6, 6.07) is 7.07. The molecule has 1 aliphatic heterocycles. The minimum absolute atomic E-state index is 0.0648. The van der Waals surface area contributed by atoms with E-state index in [1.54, 1.807) is 17.0 Å². The Morgan fingerprint density at radius 2 is 2.10 bits per heavy atom. The van der Waals surface area contributed by atoms with Gasteiger partial charge in [0.25, 0.3) is 5.91 Å². The number of aromatic hydroxyl groups is 1. The van der Waals surface area contributed by atoms with E-state index in [1.807, 2.05) is 6.92 Å². The molecule has 1 aromatic rings. The van der Waals surface area contributed by atoms with Crippen molar-refractivity contribution in [3.63, 3.8) is 0 Å². The molecule has 2 rings (SSSR count). The summed E-state index contributed by atoms with van der Waals surface area (Å²) in [5.41, 5.74) is 0.483. The van der Waals surface area contributed by atoms with E-state index in [4.69, 9.17) is 5.26 Å². The Hall–Kier alpha value is -1.58. The van der Waals surface area contributed by atoms with Crippen LogP contribution >= 0.6 is 15.9 Å². The van der Waals surface area contributed by atoms with Crippen molar-refractivity contribution in [2.45, 2.75) is 19.4 Å². The number of hydrogen-bond donors (Lipinski definition) is 1. The van der Waals surface area contributed by atoms with Gasteiger partial charge in [0.2, 0.25) is 0 Å². The molecule has 21 heavy (non-hydrogen) atoms. The Morgan fingerprint density at radius 3 is 2.62 bits per heavy atom. The third-order valence-corrected chi connectivity index (χ3v) is 4.44. The fourth-order valence-corrected chi connectivity index (χ4v) is 2.74. The van der Waals surface area contributed by atoms with Crippen LogP contribution in [0.1, 0.15) is 23.7 Å². The molecular weight excluding hydrogens is 334 g/mol. The second kappa shape index (κ2) is 6.92. The van der Waals surface area contributed by atoms with Crippen molar-refractivity contribution >= 4 is 21.8 Å². The number of rotatable bonds is 3. The van der Waals surface area contributed by atoms with Crippen LogP contribution in [0, 0.1) is 11.3 Å². The molecule has 1 N–H and O–H groups in total. The lowest BCUT2D eigenvalue weighted by atomic mass is 10.1. The summed E-state index contributed by atoms with van der Waals surface area (Å²) in [7, 11) is 0. The van der Waals surface area contributed by atoms with Crippen molar-refractivity contribution in [1.29, 1.82) is 5.26 Å². The molecule has 1 amide bonds. The summed E-state index contributed by atoms with van der Waals surface area (Å²) < 4.78 is 0.573. The predicted molar refractivity (Wildman–Crippen MR) is 83.0 cm³/mol. The van der Waals surface area contributed by atoms with Crippen LogP contribution in [0.3, 0.4) is 0 Å². The number of phenols is 1. The molecule has 1 heterocycles. The zero-order chi connectivity index (χ0) is 15.4. The van der Waals surface area contributed by atoms with Gasteiger partial charge in [0.15, 0.2) is 0 Å². The summed E-state index contributed by atoms with van der Waals surface area (Å²) >= 11 is 3.20. The zero-order valence-electron chi connectivity index (χ0n) is 11.9. The van der Waals surface area contributed by atoms with Gasteiger partial charge in [0.05, 0.1) is 16.6 Å². The topological polar surface area (TPSA) is 67.6 Å². The molecular formula is C15H18BrN3O2. The number of carbonyl (C=O) groups is 1. The first kappa shape index (κ1) is 15.8. The number of phenolic OH excluding ortho intramolecular Hbond substituents is 1. The van der Waals surface area contributed by atoms with Gasteiger partial charge < -0.3 is 10.0 Å². The number of carbonyl (C=O) groups excluding carboxylic acids is 1. The maximum Gasteiger partial charge on any atom is 0.254 e. The van der Waals surface area contributed by atoms with Gasteiger partial charge in [-0.1, -0.05) is 6.92 Å². The second-order valence-corrected chi connectivity index (χ2v) is 5.90. The first-order chi connectivity index (χ1) is 10.1. The fraction of sp³-hybridized carbons (Fsp3) is 0.467. The minimum Gasteiger partial charge on any atom is -0.507 e. The number of hydrogen-bond acceptors (Lipinski definition) is 4. The first-order valence-electron chi connectivity index (χ1n) is 6.98. The Morgan fingerprint density at radius 1 is 1.43 bits per heavy atom. The van der Waals surface area contributed by atoms with E-state index in [0.29, 0.717) is 36.2 Å². The normalized spacial score (nSPS) is 17.3. The lowest BCUT2D eigenvalue weighted by molar-refractivity contribution is 0.0604. The van der Waals surface area contributed by atoms with Gasteiger partial charge in [-0.25, -0.2) is 0 Å². The van der Waals surface area contributed by atoms with E-state index in [0.717, 1.165) is 6.42 Å². The lowest BCUT2D eigenvalue weighted by Crippen LogP contribution is -2.51. The van der Waals surface area contributed by atoms with E-state index < -0.39 is 0 Å². The maximum absolute atomic E-state index is 12.4. The van der Waals surface area contributed by atoms with Gasteiger partial charge in [-0.2, -0.15) is 5.26 Å². The predicted octanol–water partition coefficient (Wildman–Crippen LogP) is 2.21. The molecule has 1 saturated heterocycles. The molecule has 0 aromatic heterocycles. The molecule has 1 fully saturated rings. The standard InChI is InChI=1S/C15H18BrN3O2/c1-2-12(10-17)18-5-7-19(8-6-18)15(21)11-3-4-13(16)14(20)9-11/h3-4,9,12,20H,2,5-8H2,1H3. The average Bonchev–Trinajstić information content (AvgIpc) is 2.51. The highest BCUT2D eigenvalue weighted by Gasteiger charge is 2.25. The fourth-order valence-electron chi connectivity index (χ4n) is 2.50. The molecule has 0 radical (unpaired) electrons. The van der Waals surface area contributed by atoms with Crippen LogP contribution in [0.2, 0.25) is 0 Å². The number of benzene rings is 1. The van der Waals surface area contributed by atoms with Crippen molar-refractivity contribution < 1.29 is 9.90 Å². The average molecular weight is 352 g/mol. The van der Waals surface area contributed by atoms with Gasteiger partial charge in [-0.15, -0.1) is 0 Å². The number of nitrogens with zero attached hydrogens (tertiary/aromatic N) is 3. The Kier molecular flexibility index (Phi) is 5.21. The number of nitriles is 1. The van der Waals surface area contributed by atoms with Crippen molar-refractivity contribution in [2.24, 2.45) is 0 Å². The van der Waals surface area contributed by atoms with Crippen LogP contribution < -0.4 is 0 Å². The van der Waals surface area contributed by atoms with Gasteiger partial charge in [-0.05, 0) is 40.5 Å². The van der Waals surface area contributed by atoms with Gasteiger partial charge in [-0.3, -0.25) is 9.69 Å². The molecule has 1 atom stereocenters. The van der Waals surface area contributed by atoms with Gasteiger partial charge in [0, 0.05) is 31.7 Å². The van der Waals surface area contributed by atoms with E-state index >= 15 is 0 Å². The van der Waals surface area contributed by atoms with Crippen LogP contribution in [-0.2, 0) is 0 Å². The number of amides is 1. The van der Waals surface area contributed by atoms with Crippen molar-refractivity contribution in [3.8, 4) is 11.8 Å². The summed E-state index contributed by atoms with van der Waals surface area (Å²) in [4.78, 5) is 16.3. The summed E-state index contributed by atoms with van der Waals surface area (Å²) in [5.74, 6) is -0.0162. The SMILES string of the molecule is CCC(C#N)N1CCN(C(=O)c2ccc(Br)c(O)c2)CC1. The molecule has 1 aromatic carbocycles. The van der Waals surface area contributed by atoms with E-state index in [9.17, 15) is 9.90 Å². The van der Waals surface area contributed by atoms with Gasteiger partial charge in [0.1, 0.15) is 5.75 Å². The Balaban J connectivity index is 2.00. The van der Waals surface area contributed by atoms with Gasteiger partial charge >= 0.3 is 0 Å². The van der Waals surface area contributed by atoms with Crippen LogP contribution in [0.5, 0.6) is 5.75 Å². The van der Waals surface area contributed by atoms with E-state index in [1.165, 1.54) is 6.07 Å². The maximum atomic E-state index is 12.4. The molecule has 5 nitrogen and oxygen atoms in total. The molecule has 112 valence electrons. The van der Waals surface area contributed by atoms with Crippen LogP contribution in [0.15, 0.2) is 22.7 Å². The number of piperazine rings is 1. The molecule has 1 unspecified atom stereocenters. The summed E-state index contributed by atoms with van der Waals surface area (Å²) in [6.45, 7) is 4.62. The minimum atomic E-state index is -0.0811. The molecule has 0 aliphatic carbocycles. The van der Waals surface area contributed by atoms with Crippen LogP contribution in [0.4, 0.5) is 0 Å². The Labute approximate surface area is 132 Å². The first-order valence-corrected chi connectivity index (χ1v) is 7.77. The van der Waals surface area contributed by atoms with Crippen LogP contribution in [-0.4, -0.2) is 53.0 Å². The highest BCUT2D eigenvalue weighted by molar-refractivity contribution is 9.10. The van der Waals surface area contributed by atoms with E-state index in [2.05, 4.69) is 26.9 Å².